The fraction of sp³-hybridized carbons (Fsp3) is 0.438. The van der Waals surface area contributed by atoms with Gasteiger partial charge in [0.2, 0.25) is 0 Å². The van der Waals surface area contributed by atoms with Crippen LogP contribution in [0.4, 0.5) is 10.5 Å². The van der Waals surface area contributed by atoms with E-state index in [2.05, 4.69) is 10.6 Å². The summed E-state index contributed by atoms with van der Waals surface area (Å²) < 4.78 is 5.18. The van der Waals surface area contributed by atoms with E-state index in [-0.39, 0.29) is 6.04 Å². The second kappa shape index (κ2) is 7.02. The van der Waals surface area contributed by atoms with E-state index >= 15 is 0 Å². The zero-order valence-electron chi connectivity index (χ0n) is 13.4. The quantitative estimate of drug-likeness (QED) is 0.796. The first-order valence-corrected chi connectivity index (χ1v) is 6.95. The van der Waals surface area contributed by atoms with Crippen molar-refractivity contribution in [3.05, 3.63) is 41.7 Å². The second-order valence-electron chi connectivity index (χ2n) is 6.02. The number of nitrogens with two attached hydrogens (primary N) is 1. The van der Waals surface area contributed by atoms with Crippen molar-refractivity contribution in [3.63, 3.8) is 0 Å². The van der Waals surface area contributed by atoms with Crippen LogP contribution in [0.15, 0.2) is 36.2 Å². The lowest BCUT2D eigenvalue weighted by atomic mass is 10.2. The summed E-state index contributed by atoms with van der Waals surface area (Å²) in [7, 11) is 0. The summed E-state index contributed by atoms with van der Waals surface area (Å²) >= 11 is 0. The number of nitrogens with one attached hydrogen (secondary N) is 2. The summed E-state index contributed by atoms with van der Waals surface area (Å²) in [5, 5.41) is 5.78. The normalized spacial score (nSPS) is 13.5. The number of alkyl carbamates (subject to hydrolysis) is 1. The highest BCUT2D eigenvalue weighted by Crippen LogP contribution is 2.10. The predicted octanol–water partition coefficient (Wildman–Crippen LogP) is 3.12. The maximum atomic E-state index is 11.6. The second-order valence-corrected chi connectivity index (χ2v) is 6.02. The van der Waals surface area contributed by atoms with Crippen LogP contribution < -0.4 is 16.4 Å². The van der Waals surface area contributed by atoms with E-state index in [0.29, 0.717) is 5.70 Å². The number of hydrogen-bond acceptors (Lipinski definition) is 4. The van der Waals surface area contributed by atoms with E-state index in [9.17, 15) is 4.79 Å². The number of rotatable bonds is 4. The van der Waals surface area contributed by atoms with Crippen LogP contribution in [0, 0.1) is 6.92 Å². The largest absolute Gasteiger partial charge is 0.444 e. The molecule has 1 unspecified atom stereocenters. The summed E-state index contributed by atoms with van der Waals surface area (Å²) in [5.74, 6) is 0. The SMILES string of the molecule is Cc1ccc(N/C=C(\N)C(C)NC(=O)OC(C)(C)C)cc1. The van der Waals surface area contributed by atoms with Crippen molar-refractivity contribution in [1.29, 1.82) is 0 Å². The Bertz CT molecular complexity index is 501. The van der Waals surface area contributed by atoms with Crippen molar-refractivity contribution < 1.29 is 9.53 Å². The summed E-state index contributed by atoms with van der Waals surface area (Å²) in [4.78, 5) is 11.6. The Balaban J connectivity index is 2.53. The van der Waals surface area contributed by atoms with Gasteiger partial charge in [0.15, 0.2) is 0 Å². The summed E-state index contributed by atoms with van der Waals surface area (Å²) in [6.07, 6.45) is 1.19. The molecule has 0 aliphatic carbocycles. The number of aryl methyl sites for hydroxylation is 1. The van der Waals surface area contributed by atoms with E-state index in [4.69, 9.17) is 10.5 Å². The molecule has 1 aromatic rings. The monoisotopic (exact) mass is 291 g/mol. The average Bonchev–Trinajstić information content (AvgIpc) is 2.35. The van der Waals surface area contributed by atoms with Crippen LogP contribution in [0.25, 0.3) is 0 Å². The minimum absolute atomic E-state index is 0.321. The van der Waals surface area contributed by atoms with Crippen LogP contribution in [-0.2, 0) is 4.74 Å². The third-order valence-electron chi connectivity index (χ3n) is 2.69. The molecule has 116 valence electrons. The van der Waals surface area contributed by atoms with E-state index < -0.39 is 11.7 Å². The molecule has 21 heavy (non-hydrogen) atoms. The van der Waals surface area contributed by atoms with Crippen molar-refractivity contribution in [2.45, 2.75) is 46.3 Å². The van der Waals surface area contributed by atoms with Gasteiger partial charge in [0.1, 0.15) is 5.60 Å². The lowest BCUT2D eigenvalue weighted by molar-refractivity contribution is 0.0515. The molecule has 0 aliphatic heterocycles. The third-order valence-corrected chi connectivity index (χ3v) is 2.69. The Hall–Kier alpha value is -2.17. The molecule has 0 saturated heterocycles. The lowest BCUT2D eigenvalue weighted by Gasteiger charge is -2.22. The van der Waals surface area contributed by atoms with Crippen molar-refractivity contribution in [3.8, 4) is 0 Å². The number of ether oxygens (including phenoxy) is 1. The zero-order valence-corrected chi connectivity index (χ0v) is 13.4. The van der Waals surface area contributed by atoms with Crippen LogP contribution >= 0.6 is 0 Å². The molecule has 0 bridgehead atoms. The van der Waals surface area contributed by atoms with E-state index in [1.54, 1.807) is 13.1 Å². The molecule has 1 amide bonds. The van der Waals surface area contributed by atoms with Crippen molar-refractivity contribution >= 4 is 11.8 Å². The molecule has 0 heterocycles. The highest BCUT2D eigenvalue weighted by molar-refractivity contribution is 5.68. The fourth-order valence-electron chi connectivity index (χ4n) is 1.51. The highest BCUT2D eigenvalue weighted by atomic mass is 16.6. The van der Waals surface area contributed by atoms with Gasteiger partial charge in [-0.3, -0.25) is 0 Å². The van der Waals surface area contributed by atoms with E-state index in [1.807, 2.05) is 52.0 Å². The smallest absolute Gasteiger partial charge is 0.408 e. The van der Waals surface area contributed by atoms with Gasteiger partial charge >= 0.3 is 6.09 Å². The minimum atomic E-state index is -0.525. The minimum Gasteiger partial charge on any atom is -0.444 e. The van der Waals surface area contributed by atoms with Gasteiger partial charge in [0.05, 0.1) is 6.04 Å². The first-order chi connectivity index (χ1) is 9.67. The molecular weight excluding hydrogens is 266 g/mol. The molecule has 0 aliphatic rings. The Labute approximate surface area is 126 Å². The Morgan fingerprint density at radius 3 is 2.38 bits per heavy atom. The van der Waals surface area contributed by atoms with Gasteiger partial charge < -0.3 is 21.1 Å². The maximum absolute atomic E-state index is 11.6. The number of carbonyl (C=O) groups is 1. The summed E-state index contributed by atoms with van der Waals surface area (Å²) in [6, 6.07) is 7.62. The number of amides is 1. The molecule has 0 saturated carbocycles. The predicted molar refractivity (Wildman–Crippen MR) is 85.9 cm³/mol. The topological polar surface area (TPSA) is 76.4 Å². The van der Waals surface area contributed by atoms with Gasteiger partial charge in [0.25, 0.3) is 0 Å². The molecule has 1 rings (SSSR count). The summed E-state index contributed by atoms with van der Waals surface area (Å²) in [5.41, 5.74) is 8.06. The molecule has 0 spiro atoms. The molecule has 0 radical (unpaired) electrons. The molecule has 1 aromatic carbocycles. The van der Waals surface area contributed by atoms with Crippen LogP contribution in [0.3, 0.4) is 0 Å². The van der Waals surface area contributed by atoms with E-state index in [1.165, 1.54) is 5.56 Å². The van der Waals surface area contributed by atoms with Gasteiger partial charge in [0, 0.05) is 17.6 Å². The molecule has 1 atom stereocenters. The van der Waals surface area contributed by atoms with Crippen LogP contribution in [0.1, 0.15) is 33.3 Å². The van der Waals surface area contributed by atoms with Gasteiger partial charge in [-0.05, 0) is 46.8 Å². The Kier molecular flexibility index (Phi) is 5.64. The van der Waals surface area contributed by atoms with Crippen molar-refractivity contribution in [2.24, 2.45) is 5.73 Å². The Morgan fingerprint density at radius 2 is 1.86 bits per heavy atom. The Morgan fingerprint density at radius 1 is 1.29 bits per heavy atom. The number of benzene rings is 1. The lowest BCUT2D eigenvalue weighted by Crippen LogP contribution is -2.40. The van der Waals surface area contributed by atoms with Crippen molar-refractivity contribution in [1.82, 2.24) is 5.32 Å². The van der Waals surface area contributed by atoms with Gasteiger partial charge in [-0.25, -0.2) is 4.79 Å². The zero-order chi connectivity index (χ0) is 16.0. The molecular formula is C16H25N3O2. The maximum Gasteiger partial charge on any atom is 0.408 e. The molecule has 5 heteroatoms. The van der Waals surface area contributed by atoms with Crippen molar-refractivity contribution in [2.75, 3.05) is 5.32 Å². The molecule has 5 nitrogen and oxygen atoms in total. The van der Waals surface area contributed by atoms with Gasteiger partial charge in [-0.2, -0.15) is 0 Å². The number of anilines is 1. The average molecular weight is 291 g/mol. The molecule has 0 aromatic heterocycles. The number of carbonyl (C=O) groups excluding carboxylic acids is 1. The number of hydrogen-bond donors (Lipinski definition) is 3. The van der Waals surface area contributed by atoms with E-state index in [0.717, 1.165) is 5.69 Å². The first kappa shape index (κ1) is 16.9. The fourth-order valence-corrected chi connectivity index (χ4v) is 1.51. The van der Waals surface area contributed by atoms with Crippen LogP contribution in [0.5, 0.6) is 0 Å². The van der Waals surface area contributed by atoms with Gasteiger partial charge in [-0.15, -0.1) is 0 Å². The van der Waals surface area contributed by atoms with Gasteiger partial charge in [-0.1, -0.05) is 17.7 Å². The third kappa shape index (κ3) is 6.70. The highest BCUT2D eigenvalue weighted by Gasteiger charge is 2.18. The molecule has 4 N–H and O–H groups in total. The standard InChI is InChI=1S/C16H25N3O2/c1-11-6-8-13(9-7-11)18-10-14(17)12(2)19-15(20)21-16(3,4)5/h6-10,12,18H,17H2,1-5H3,(H,19,20)/b14-10-. The molecule has 0 fully saturated rings. The first-order valence-electron chi connectivity index (χ1n) is 6.95. The van der Waals surface area contributed by atoms with Crippen LogP contribution in [0.2, 0.25) is 0 Å². The van der Waals surface area contributed by atoms with Crippen LogP contribution in [-0.4, -0.2) is 17.7 Å². The summed E-state index contributed by atoms with van der Waals surface area (Å²) in [6.45, 7) is 9.27.